The zero-order valence-electron chi connectivity index (χ0n) is 22.3. The van der Waals surface area contributed by atoms with E-state index in [0.717, 1.165) is 6.54 Å². The summed E-state index contributed by atoms with van der Waals surface area (Å²) in [6.07, 6.45) is 0.358. The van der Waals surface area contributed by atoms with Gasteiger partial charge in [0.25, 0.3) is 5.69 Å². The lowest BCUT2D eigenvalue weighted by molar-refractivity contribution is -0.384. The number of nitro groups is 1. The maximum absolute atomic E-state index is 13.7. The Kier molecular flexibility index (Phi) is 7.97. The smallest absolute Gasteiger partial charge is 0.337 e. The molecule has 0 bridgehead atoms. The number of carbonyl (C=O) groups is 2. The molecule has 9 heteroatoms. The minimum Gasteiger partial charge on any atom is -0.466 e. The molecule has 1 fully saturated rings. The van der Waals surface area contributed by atoms with Crippen LogP contribution in [0.5, 0.6) is 0 Å². The zero-order chi connectivity index (χ0) is 27.6. The van der Waals surface area contributed by atoms with Gasteiger partial charge in [-0.25, -0.2) is 9.59 Å². The van der Waals surface area contributed by atoms with Crippen LogP contribution in [0.2, 0.25) is 0 Å². The van der Waals surface area contributed by atoms with Crippen LogP contribution in [0, 0.1) is 17.0 Å². The number of ether oxygens (including phenoxy) is 2. The van der Waals surface area contributed by atoms with Crippen molar-refractivity contribution < 1.29 is 24.0 Å². The topological polar surface area (TPSA) is 111 Å². The highest BCUT2D eigenvalue weighted by Crippen LogP contribution is 2.40. The first kappa shape index (κ1) is 27.1. The number of dihydropyridines is 1. The standard InChI is InChI=1S/C29H33N3O6/c1-17-8-6-9-21(14-17)20(4)31-13-12-24(16-31)38-29(34)26-19(3)30-18(2)25(28(33)37-5)27(26)22-10-7-11-23(15-22)32(35)36/h6-11,14-15,20,24,27,30H,12-13,16H2,1-5H3/t20?,24?,27-/m0/s1. The Morgan fingerprint density at radius 3 is 2.39 bits per heavy atom. The van der Waals surface area contributed by atoms with Gasteiger partial charge >= 0.3 is 11.9 Å². The highest BCUT2D eigenvalue weighted by atomic mass is 16.6. The fourth-order valence-electron chi connectivity index (χ4n) is 5.35. The predicted molar refractivity (Wildman–Crippen MR) is 142 cm³/mol. The van der Waals surface area contributed by atoms with E-state index in [2.05, 4.69) is 42.3 Å². The number of carbonyl (C=O) groups excluding carboxylic acids is 2. The molecule has 9 nitrogen and oxygen atoms in total. The summed E-state index contributed by atoms with van der Waals surface area (Å²) < 4.78 is 11.0. The van der Waals surface area contributed by atoms with Gasteiger partial charge in [-0.3, -0.25) is 15.0 Å². The molecule has 0 aliphatic carbocycles. The van der Waals surface area contributed by atoms with E-state index in [1.54, 1.807) is 26.0 Å². The van der Waals surface area contributed by atoms with Crippen LogP contribution in [0.4, 0.5) is 5.69 Å². The van der Waals surface area contributed by atoms with Gasteiger partial charge in [0.1, 0.15) is 6.10 Å². The molecule has 200 valence electrons. The van der Waals surface area contributed by atoms with E-state index in [4.69, 9.17) is 9.47 Å². The monoisotopic (exact) mass is 519 g/mol. The fraction of sp³-hybridized carbons (Fsp3) is 0.379. The summed E-state index contributed by atoms with van der Waals surface area (Å²) in [4.78, 5) is 39.8. The number of likely N-dealkylation sites (tertiary alicyclic amines) is 1. The van der Waals surface area contributed by atoms with Gasteiger partial charge in [-0.2, -0.15) is 0 Å². The van der Waals surface area contributed by atoms with E-state index in [1.165, 1.54) is 30.4 Å². The number of hydrogen-bond donors (Lipinski definition) is 1. The molecule has 0 saturated carbocycles. The van der Waals surface area contributed by atoms with Gasteiger partial charge in [0.05, 0.1) is 29.1 Å². The average Bonchev–Trinajstić information content (AvgIpc) is 3.35. The van der Waals surface area contributed by atoms with Crippen LogP contribution in [0.3, 0.4) is 0 Å². The number of nitrogens with one attached hydrogen (secondary N) is 1. The van der Waals surface area contributed by atoms with Crippen molar-refractivity contribution in [1.29, 1.82) is 0 Å². The molecule has 4 rings (SSSR count). The van der Waals surface area contributed by atoms with Crippen LogP contribution in [0.25, 0.3) is 0 Å². The van der Waals surface area contributed by atoms with Crippen LogP contribution >= 0.6 is 0 Å². The van der Waals surface area contributed by atoms with Gasteiger partial charge in [0.15, 0.2) is 0 Å². The van der Waals surface area contributed by atoms with Crippen LogP contribution in [-0.4, -0.2) is 48.1 Å². The van der Waals surface area contributed by atoms with Crippen LogP contribution < -0.4 is 5.32 Å². The zero-order valence-corrected chi connectivity index (χ0v) is 22.3. The lowest BCUT2D eigenvalue weighted by atomic mass is 9.80. The third kappa shape index (κ3) is 5.47. The summed E-state index contributed by atoms with van der Waals surface area (Å²) in [5.41, 5.74) is 4.20. The molecule has 3 atom stereocenters. The number of hydrogen-bond acceptors (Lipinski definition) is 8. The minimum atomic E-state index is -0.875. The van der Waals surface area contributed by atoms with Crippen molar-refractivity contribution >= 4 is 17.6 Å². The van der Waals surface area contributed by atoms with E-state index in [0.29, 0.717) is 29.9 Å². The lowest BCUT2D eigenvalue weighted by Crippen LogP contribution is -2.34. The molecule has 2 unspecified atom stereocenters. The van der Waals surface area contributed by atoms with Gasteiger partial charge in [-0.1, -0.05) is 42.0 Å². The van der Waals surface area contributed by atoms with Crippen molar-refractivity contribution in [3.8, 4) is 0 Å². The summed E-state index contributed by atoms with van der Waals surface area (Å²) in [6, 6.07) is 14.5. The van der Waals surface area contributed by atoms with Crippen LogP contribution in [-0.2, 0) is 19.1 Å². The van der Waals surface area contributed by atoms with Gasteiger partial charge in [0.2, 0.25) is 0 Å². The van der Waals surface area contributed by atoms with Gasteiger partial charge in [-0.15, -0.1) is 0 Å². The Hall–Kier alpha value is -3.98. The van der Waals surface area contributed by atoms with E-state index < -0.39 is 22.8 Å². The Labute approximate surface area is 222 Å². The van der Waals surface area contributed by atoms with Crippen molar-refractivity contribution in [1.82, 2.24) is 10.2 Å². The molecule has 2 aliphatic rings. The summed E-state index contributed by atoms with van der Waals surface area (Å²) in [5.74, 6) is -2.06. The van der Waals surface area contributed by atoms with Gasteiger partial charge in [-0.05, 0) is 45.2 Å². The minimum absolute atomic E-state index is 0.134. The van der Waals surface area contributed by atoms with Crippen molar-refractivity contribution in [2.45, 2.75) is 52.2 Å². The highest BCUT2D eigenvalue weighted by molar-refractivity contribution is 6.00. The largest absolute Gasteiger partial charge is 0.466 e. The second-order valence-corrected chi connectivity index (χ2v) is 9.88. The first-order chi connectivity index (χ1) is 18.1. The first-order valence-electron chi connectivity index (χ1n) is 12.6. The van der Waals surface area contributed by atoms with Crippen molar-refractivity contribution in [3.05, 3.63) is 97.9 Å². The number of esters is 2. The molecule has 2 aromatic carbocycles. The molecule has 0 radical (unpaired) electrons. The predicted octanol–water partition coefficient (Wildman–Crippen LogP) is 4.69. The van der Waals surface area contributed by atoms with Crippen LogP contribution in [0.1, 0.15) is 55.8 Å². The molecule has 38 heavy (non-hydrogen) atoms. The van der Waals surface area contributed by atoms with Crippen molar-refractivity contribution in [2.75, 3.05) is 20.2 Å². The third-order valence-electron chi connectivity index (χ3n) is 7.32. The number of aryl methyl sites for hydroxylation is 1. The summed E-state index contributed by atoms with van der Waals surface area (Å²) >= 11 is 0. The van der Waals surface area contributed by atoms with E-state index in [9.17, 15) is 19.7 Å². The molecule has 2 aromatic rings. The maximum atomic E-state index is 13.7. The molecule has 0 spiro atoms. The summed E-state index contributed by atoms with van der Waals surface area (Å²) in [7, 11) is 1.26. The molecule has 1 saturated heterocycles. The number of benzene rings is 2. The molecule has 0 aromatic heterocycles. The summed E-state index contributed by atoms with van der Waals surface area (Å²) in [5, 5.41) is 14.6. The molecule has 1 N–H and O–H groups in total. The van der Waals surface area contributed by atoms with E-state index in [-0.39, 0.29) is 29.0 Å². The van der Waals surface area contributed by atoms with E-state index >= 15 is 0 Å². The second-order valence-electron chi connectivity index (χ2n) is 9.88. The molecule has 2 aliphatic heterocycles. The summed E-state index contributed by atoms with van der Waals surface area (Å²) in [6.45, 7) is 9.02. The number of methoxy groups -OCH3 is 1. The normalized spacial score (nSPS) is 20.7. The molecular weight excluding hydrogens is 486 g/mol. The lowest BCUT2D eigenvalue weighted by Gasteiger charge is -2.31. The Balaban J connectivity index is 1.60. The Bertz CT molecular complexity index is 1330. The molecule has 2 heterocycles. The first-order valence-corrected chi connectivity index (χ1v) is 12.6. The number of nitro benzene ring substituents is 1. The van der Waals surface area contributed by atoms with Crippen LogP contribution in [0.15, 0.2) is 71.1 Å². The number of nitrogens with zero attached hydrogens (tertiary/aromatic N) is 2. The average molecular weight is 520 g/mol. The number of allylic oxidation sites excluding steroid dienone is 2. The third-order valence-corrected chi connectivity index (χ3v) is 7.32. The highest BCUT2D eigenvalue weighted by Gasteiger charge is 2.40. The molecule has 0 amide bonds. The Morgan fingerprint density at radius 1 is 1.05 bits per heavy atom. The van der Waals surface area contributed by atoms with E-state index in [1.807, 2.05) is 6.07 Å². The second kappa shape index (κ2) is 11.2. The van der Waals surface area contributed by atoms with Gasteiger partial charge < -0.3 is 14.8 Å². The number of rotatable bonds is 7. The van der Waals surface area contributed by atoms with Gasteiger partial charge in [0, 0.05) is 42.7 Å². The molecular formula is C29H33N3O6. The maximum Gasteiger partial charge on any atom is 0.337 e. The Morgan fingerprint density at radius 2 is 1.74 bits per heavy atom. The SMILES string of the molecule is COC(=O)C1=C(C)NC(C)=C(C(=O)OC2CCN(C(C)c3cccc(C)c3)C2)[C@H]1c1cccc([N+](=O)[O-])c1. The van der Waals surface area contributed by atoms with Crippen molar-refractivity contribution in [3.63, 3.8) is 0 Å². The quantitative estimate of drug-likeness (QED) is 0.319. The fourth-order valence-corrected chi connectivity index (χ4v) is 5.35. The van der Waals surface area contributed by atoms with Crippen molar-refractivity contribution in [2.24, 2.45) is 0 Å². The number of non-ortho nitro benzene ring substituents is 1.